The molecule has 0 amide bonds. The molecular weight excluding hydrogens is 350 g/mol. The van der Waals surface area contributed by atoms with Gasteiger partial charge in [-0.25, -0.2) is 22.2 Å². The number of aryl methyl sites for hydroxylation is 1. The molecule has 4 rings (SSSR count). The summed E-state index contributed by atoms with van der Waals surface area (Å²) in [7, 11) is -3.09. The van der Waals surface area contributed by atoms with Crippen LogP contribution in [0.2, 0.25) is 0 Å². The van der Waals surface area contributed by atoms with Crippen LogP contribution in [0.25, 0.3) is 5.52 Å². The third-order valence-corrected chi connectivity index (χ3v) is 7.08. The Kier molecular flexibility index (Phi) is 4.64. The Morgan fingerprint density at radius 3 is 2.50 bits per heavy atom. The zero-order valence-electron chi connectivity index (χ0n) is 15.5. The van der Waals surface area contributed by atoms with Crippen molar-refractivity contribution >= 4 is 21.5 Å². The summed E-state index contributed by atoms with van der Waals surface area (Å²) in [4.78, 5) is 4.49. The van der Waals surface area contributed by atoms with Crippen molar-refractivity contribution in [1.82, 2.24) is 18.9 Å². The van der Waals surface area contributed by atoms with Crippen LogP contribution in [0.15, 0.2) is 12.3 Å². The van der Waals surface area contributed by atoms with Crippen LogP contribution in [-0.2, 0) is 10.0 Å². The molecule has 7 nitrogen and oxygen atoms in total. The van der Waals surface area contributed by atoms with E-state index < -0.39 is 10.0 Å². The maximum atomic E-state index is 11.6. The second-order valence-electron chi connectivity index (χ2n) is 7.69. The van der Waals surface area contributed by atoms with Crippen molar-refractivity contribution in [2.75, 3.05) is 24.7 Å². The predicted molar refractivity (Wildman–Crippen MR) is 102 cm³/mol. The first kappa shape index (κ1) is 17.7. The summed E-state index contributed by atoms with van der Waals surface area (Å²) in [5, 5.41) is 8.17. The second kappa shape index (κ2) is 6.81. The molecule has 0 atom stereocenters. The standard InChI is InChI=1S/C18H27N5O2S/c1-13-11-16(14-5-3-4-6-14)23-17(13)12-19-18(21-23)20-15-7-9-22(10-8-15)26(2,24)25/h11-12,14-15H,3-10H2,1-2H3,(H,20,21). The average molecular weight is 378 g/mol. The van der Waals surface area contributed by atoms with E-state index >= 15 is 0 Å². The smallest absolute Gasteiger partial charge is 0.241 e. The highest BCUT2D eigenvalue weighted by molar-refractivity contribution is 7.88. The quantitative estimate of drug-likeness (QED) is 0.886. The first-order valence-corrected chi connectivity index (χ1v) is 11.3. The number of fused-ring (bicyclic) bond motifs is 1. The summed E-state index contributed by atoms with van der Waals surface area (Å²) in [6, 6.07) is 2.46. The lowest BCUT2D eigenvalue weighted by Crippen LogP contribution is -2.42. The summed E-state index contributed by atoms with van der Waals surface area (Å²) < 4.78 is 26.9. The summed E-state index contributed by atoms with van der Waals surface area (Å²) in [5.74, 6) is 1.22. The lowest BCUT2D eigenvalue weighted by molar-refractivity contribution is 0.331. The van der Waals surface area contributed by atoms with E-state index in [0.717, 1.165) is 18.4 Å². The molecule has 1 saturated heterocycles. The highest BCUT2D eigenvalue weighted by atomic mass is 32.2. The molecule has 0 bridgehead atoms. The van der Waals surface area contributed by atoms with Gasteiger partial charge in [0.15, 0.2) is 0 Å². The Hall–Kier alpha value is -1.67. The van der Waals surface area contributed by atoms with Gasteiger partial charge in [-0.05, 0) is 44.2 Å². The lowest BCUT2D eigenvalue weighted by atomic mass is 10.0. The summed E-state index contributed by atoms with van der Waals surface area (Å²) >= 11 is 0. The fourth-order valence-corrected chi connectivity index (χ4v) is 5.14. The summed E-state index contributed by atoms with van der Waals surface area (Å²) in [6.45, 7) is 3.22. The van der Waals surface area contributed by atoms with Gasteiger partial charge in [0, 0.05) is 30.7 Å². The number of nitrogens with zero attached hydrogens (tertiary/aromatic N) is 4. The number of piperidine rings is 1. The van der Waals surface area contributed by atoms with Crippen molar-refractivity contribution in [2.45, 2.75) is 57.4 Å². The first-order valence-electron chi connectivity index (χ1n) is 9.49. The van der Waals surface area contributed by atoms with Crippen LogP contribution >= 0.6 is 0 Å². The van der Waals surface area contributed by atoms with Crippen molar-refractivity contribution in [3.05, 3.63) is 23.5 Å². The van der Waals surface area contributed by atoms with Crippen molar-refractivity contribution in [3.63, 3.8) is 0 Å². The van der Waals surface area contributed by atoms with Crippen LogP contribution in [0.5, 0.6) is 0 Å². The Balaban J connectivity index is 1.52. The molecule has 0 spiro atoms. The first-order chi connectivity index (χ1) is 12.4. The number of hydrogen-bond donors (Lipinski definition) is 1. The van der Waals surface area contributed by atoms with Crippen molar-refractivity contribution in [3.8, 4) is 0 Å². The van der Waals surface area contributed by atoms with Crippen LogP contribution in [-0.4, -0.2) is 52.7 Å². The van der Waals surface area contributed by atoms with Crippen molar-refractivity contribution in [2.24, 2.45) is 0 Å². The van der Waals surface area contributed by atoms with Gasteiger partial charge in [-0.15, -0.1) is 5.10 Å². The Labute approximate surface area is 154 Å². The molecular formula is C18H27N5O2S. The number of hydrogen-bond acceptors (Lipinski definition) is 5. The van der Waals surface area contributed by atoms with Gasteiger partial charge in [-0.2, -0.15) is 0 Å². The van der Waals surface area contributed by atoms with Gasteiger partial charge in [0.25, 0.3) is 0 Å². The topological polar surface area (TPSA) is 79.6 Å². The molecule has 0 aromatic carbocycles. The molecule has 2 aliphatic rings. The number of nitrogens with one attached hydrogen (secondary N) is 1. The van der Waals surface area contributed by atoms with E-state index in [1.54, 1.807) is 4.31 Å². The van der Waals surface area contributed by atoms with E-state index in [1.165, 1.54) is 43.2 Å². The fourth-order valence-electron chi connectivity index (χ4n) is 4.27. The predicted octanol–water partition coefficient (Wildman–Crippen LogP) is 2.53. The van der Waals surface area contributed by atoms with Gasteiger partial charge >= 0.3 is 0 Å². The van der Waals surface area contributed by atoms with E-state index in [2.05, 4.69) is 27.8 Å². The Morgan fingerprint density at radius 1 is 1.15 bits per heavy atom. The molecule has 2 fully saturated rings. The minimum absolute atomic E-state index is 0.206. The molecule has 1 N–H and O–H groups in total. The molecule has 0 unspecified atom stereocenters. The largest absolute Gasteiger partial charge is 0.350 e. The van der Waals surface area contributed by atoms with E-state index in [-0.39, 0.29) is 6.04 Å². The van der Waals surface area contributed by atoms with E-state index in [9.17, 15) is 8.42 Å². The van der Waals surface area contributed by atoms with Crippen LogP contribution in [0, 0.1) is 6.92 Å². The molecule has 26 heavy (non-hydrogen) atoms. The third kappa shape index (κ3) is 3.44. The van der Waals surface area contributed by atoms with Gasteiger partial charge in [0.2, 0.25) is 16.0 Å². The van der Waals surface area contributed by atoms with Gasteiger partial charge in [-0.3, -0.25) is 0 Å². The highest BCUT2D eigenvalue weighted by Crippen LogP contribution is 2.35. The summed E-state index contributed by atoms with van der Waals surface area (Å²) in [6.07, 6.45) is 9.79. The van der Waals surface area contributed by atoms with Crippen LogP contribution in [0.4, 0.5) is 5.95 Å². The van der Waals surface area contributed by atoms with Gasteiger partial charge in [0.1, 0.15) is 0 Å². The third-order valence-electron chi connectivity index (χ3n) is 5.77. The zero-order valence-corrected chi connectivity index (χ0v) is 16.3. The number of aromatic nitrogens is 3. The molecule has 2 aromatic heterocycles. The highest BCUT2D eigenvalue weighted by Gasteiger charge is 2.26. The van der Waals surface area contributed by atoms with Crippen LogP contribution < -0.4 is 5.32 Å². The van der Waals surface area contributed by atoms with Gasteiger partial charge < -0.3 is 5.32 Å². The van der Waals surface area contributed by atoms with Crippen molar-refractivity contribution in [1.29, 1.82) is 0 Å². The molecule has 1 aliphatic heterocycles. The van der Waals surface area contributed by atoms with Gasteiger partial charge in [0.05, 0.1) is 18.0 Å². The minimum atomic E-state index is -3.09. The van der Waals surface area contributed by atoms with Crippen LogP contribution in [0.1, 0.15) is 55.7 Å². The second-order valence-corrected chi connectivity index (χ2v) is 9.68. The molecule has 1 saturated carbocycles. The molecule has 0 radical (unpaired) electrons. The van der Waals surface area contributed by atoms with Crippen LogP contribution in [0.3, 0.4) is 0 Å². The molecule has 142 valence electrons. The average Bonchev–Trinajstić information content (AvgIpc) is 3.23. The Bertz CT molecular complexity index is 894. The molecule has 8 heteroatoms. The Morgan fingerprint density at radius 2 is 1.85 bits per heavy atom. The normalized spacial score (nSPS) is 20.8. The number of sulfonamides is 1. The SMILES string of the molecule is Cc1cc(C2CCCC2)n2nc(NC3CCN(S(C)(=O)=O)CC3)ncc12. The molecule has 1 aliphatic carbocycles. The monoisotopic (exact) mass is 377 g/mol. The molecule has 3 heterocycles. The van der Waals surface area contributed by atoms with Gasteiger partial charge in [-0.1, -0.05) is 12.8 Å². The van der Waals surface area contributed by atoms with E-state index in [4.69, 9.17) is 5.10 Å². The van der Waals surface area contributed by atoms with Crippen molar-refractivity contribution < 1.29 is 8.42 Å². The molecule has 2 aromatic rings. The number of anilines is 1. The maximum Gasteiger partial charge on any atom is 0.241 e. The zero-order chi connectivity index (χ0) is 18.3. The maximum absolute atomic E-state index is 11.6. The van der Waals surface area contributed by atoms with E-state index in [0.29, 0.717) is 25.0 Å². The fraction of sp³-hybridized carbons (Fsp3) is 0.667. The van der Waals surface area contributed by atoms with E-state index in [1.807, 2.05) is 6.20 Å². The lowest BCUT2D eigenvalue weighted by Gasteiger charge is -2.30. The number of rotatable bonds is 4. The minimum Gasteiger partial charge on any atom is -0.350 e. The summed E-state index contributed by atoms with van der Waals surface area (Å²) in [5.41, 5.74) is 3.59.